The molecule has 3 rings (SSSR count). The van der Waals surface area contributed by atoms with Crippen LogP contribution in [0.25, 0.3) is 16.2 Å². The smallest absolute Gasteiger partial charge is 0.195 e. The molecule has 0 fully saturated rings. The van der Waals surface area contributed by atoms with Crippen molar-refractivity contribution in [3.8, 4) is 11.3 Å². The summed E-state index contributed by atoms with van der Waals surface area (Å²) in [6.45, 7) is 0. The van der Waals surface area contributed by atoms with Crippen molar-refractivity contribution < 1.29 is 8.78 Å². The molecule has 0 saturated heterocycles. The quantitative estimate of drug-likeness (QED) is 0.722. The van der Waals surface area contributed by atoms with Crippen LogP contribution in [0.2, 0.25) is 0 Å². The Balaban J connectivity index is 2.23. The molecular weight excluding hydrogens is 244 g/mol. The van der Waals surface area contributed by atoms with Crippen LogP contribution < -0.4 is 5.73 Å². The third-order valence-corrected chi connectivity index (χ3v) is 3.30. The Bertz CT molecular complexity index is 702. The van der Waals surface area contributed by atoms with Crippen LogP contribution in [0.5, 0.6) is 0 Å². The van der Waals surface area contributed by atoms with Gasteiger partial charge in [-0.15, -0.1) is 11.3 Å². The van der Waals surface area contributed by atoms with Crippen LogP contribution in [-0.4, -0.2) is 9.38 Å². The van der Waals surface area contributed by atoms with Crippen LogP contribution in [0, 0.1) is 11.6 Å². The van der Waals surface area contributed by atoms with Gasteiger partial charge in [-0.2, -0.15) is 0 Å². The number of aromatic nitrogens is 2. The second-order valence-electron chi connectivity index (χ2n) is 3.56. The molecule has 0 amide bonds. The Morgan fingerprint density at radius 2 is 2.12 bits per heavy atom. The van der Waals surface area contributed by atoms with Crippen molar-refractivity contribution in [1.82, 2.24) is 9.38 Å². The van der Waals surface area contributed by atoms with E-state index in [0.29, 0.717) is 16.5 Å². The molecule has 2 aromatic heterocycles. The molecule has 86 valence electrons. The third-order valence-electron chi connectivity index (χ3n) is 2.44. The van der Waals surface area contributed by atoms with E-state index < -0.39 is 11.6 Å². The molecule has 2 N–H and O–H groups in total. The number of thiazole rings is 1. The molecule has 17 heavy (non-hydrogen) atoms. The highest BCUT2D eigenvalue weighted by molar-refractivity contribution is 7.15. The van der Waals surface area contributed by atoms with E-state index >= 15 is 0 Å². The molecule has 0 aliphatic heterocycles. The number of halogens is 2. The Labute approximate surface area is 99.1 Å². The minimum absolute atomic E-state index is 0.139. The van der Waals surface area contributed by atoms with Crippen molar-refractivity contribution in [3.05, 3.63) is 41.4 Å². The summed E-state index contributed by atoms with van der Waals surface area (Å²) in [7, 11) is 0. The maximum Gasteiger partial charge on any atom is 0.195 e. The summed E-state index contributed by atoms with van der Waals surface area (Å²) in [5.74, 6) is -0.470. The van der Waals surface area contributed by atoms with Gasteiger partial charge >= 0.3 is 0 Å². The molecule has 0 aliphatic carbocycles. The van der Waals surface area contributed by atoms with E-state index in [1.54, 1.807) is 16.0 Å². The topological polar surface area (TPSA) is 43.3 Å². The van der Waals surface area contributed by atoms with Crippen LogP contribution in [0.15, 0.2) is 29.8 Å². The summed E-state index contributed by atoms with van der Waals surface area (Å²) in [5, 5.41) is 1.74. The zero-order valence-corrected chi connectivity index (χ0v) is 9.34. The van der Waals surface area contributed by atoms with Gasteiger partial charge in [-0.05, 0) is 18.2 Å². The molecule has 2 heterocycles. The van der Waals surface area contributed by atoms with Crippen molar-refractivity contribution in [1.29, 1.82) is 0 Å². The van der Waals surface area contributed by atoms with Gasteiger partial charge in [-0.1, -0.05) is 0 Å². The van der Waals surface area contributed by atoms with Crippen LogP contribution in [0.1, 0.15) is 0 Å². The number of imidazole rings is 1. The molecule has 0 saturated carbocycles. The largest absolute Gasteiger partial charge is 0.384 e. The number of nitrogens with zero attached hydrogens (tertiary/aromatic N) is 2. The first-order chi connectivity index (χ1) is 8.15. The van der Waals surface area contributed by atoms with E-state index in [1.165, 1.54) is 11.3 Å². The molecule has 1 aromatic carbocycles. The highest BCUT2D eigenvalue weighted by Crippen LogP contribution is 2.26. The van der Waals surface area contributed by atoms with E-state index in [9.17, 15) is 8.78 Å². The van der Waals surface area contributed by atoms with Crippen molar-refractivity contribution in [2.75, 3.05) is 5.73 Å². The minimum Gasteiger partial charge on any atom is -0.384 e. The van der Waals surface area contributed by atoms with Gasteiger partial charge in [0.05, 0.1) is 5.69 Å². The molecule has 0 aliphatic rings. The predicted molar refractivity (Wildman–Crippen MR) is 62.8 cm³/mol. The van der Waals surface area contributed by atoms with E-state index in [-0.39, 0.29) is 5.56 Å². The molecule has 0 radical (unpaired) electrons. The predicted octanol–water partition coefficient (Wildman–Crippen LogP) is 2.92. The summed E-state index contributed by atoms with van der Waals surface area (Å²) in [6, 6.07) is 3.28. The van der Waals surface area contributed by atoms with Crippen molar-refractivity contribution in [2.24, 2.45) is 0 Å². The van der Waals surface area contributed by atoms with Gasteiger partial charge in [0.25, 0.3) is 0 Å². The number of fused-ring (bicyclic) bond motifs is 1. The maximum absolute atomic E-state index is 13.5. The first-order valence-electron chi connectivity index (χ1n) is 4.82. The van der Waals surface area contributed by atoms with E-state index in [1.807, 2.05) is 0 Å². The number of nitrogens with two attached hydrogens (primary N) is 1. The monoisotopic (exact) mass is 251 g/mol. The normalized spacial score (nSPS) is 11.2. The standard InChI is InChI=1S/C11H7F2N3S/c12-6-1-2-8(13)7(3-6)9-4-16-10(14)5-17-11(16)15-9/h1-5H,14H2. The zero-order valence-electron chi connectivity index (χ0n) is 8.52. The number of hydrogen-bond acceptors (Lipinski definition) is 3. The highest BCUT2D eigenvalue weighted by Gasteiger charge is 2.12. The summed E-state index contributed by atoms with van der Waals surface area (Å²) in [5.41, 5.74) is 6.22. The molecular formula is C11H7F2N3S. The lowest BCUT2D eigenvalue weighted by Crippen LogP contribution is -1.88. The summed E-state index contributed by atoms with van der Waals surface area (Å²) in [6.07, 6.45) is 1.60. The average Bonchev–Trinajstić information content (AvgIpc) is 2.85. The van der Waals surface area contributed by atoms with E-state index in [0.717, 1.165) is 18.2 Å². The molecule has 0 spiro atoms. The van der Waals surface area contributed by atoms with Crippen LogP contribution >= 0.6 is 11.3 Å². The number of rotatable bonds is 1. The number of hydrogen-bond donors (Lipinski definition) is 1. The third kappa shape index (κ3) is 1.57. The zero-order chi connectivity index (χ0) is 12.0. The Morgan fingerprint density at radius 1 is 1.29 bits per heavy atom. The van der Waals surface area contributed by atoms with E-state index in [4.69, 9.17) is 5.73 Å². The second kappa shape index (κ2) is 3.53. The molecule has 6 heteroatoms. The Hall–Kier alpha value is -1.95. The lowest BCUT2D eigenvalue weighted by molar-refractivity contribution is 0.603. The van der Waals surface area contributed by atoms with Gasteiger partial charge in [0.2, 0.25) is 0 Å². The lowest BCUT2D eigenvalue weighted by atomic mass is 10.1. The van der Waals surface area contributed by atoms with Crippen LogP contribution in [-0.2, 0) is 0 Å². The fourth-order valence-electron chi connectivity index (χ4n) is 1.62. The first kappa shape index (κ1) is 10.2. The van der Waals surface area contributed by atoms with Crippen molar-refractivity contribution in [2.45, 2.75) is 0 Å². The maximum atomic E-state index is 13.5. The first-order valence-corrected chi connectivity index (χ1v) is 5.70. The molecule has 3 aromatic rings. The fourth-order valence-corrected chi connectivity index (χ4v) is 2.39. The SMILES string of the molecule is Nc1csc2nc(-c3cc(F)ccc3F)cn12. The van der Waals surface area contributed by atoms with E-state index in [2.05, 4.69) is 4.98 Å². The summed E-state index contributed by atoms with van der Waals surface area (Å²) >= 11 is 1.35. The van der Waals surface area contributed by atoms with Crippen molar-refractivity contribution in [3.63, 3.8) is 0 Å². The van der Waals surface area contributed by atoms with Crippen molar-refractivity contribution >= 4 is 22.1 Å². The fraction of sp³-hybridized carbons (Fsp3) is 0. The molecule has 0 unspecified atom stereocenters. The molecule has 3 nitrogen and oxygen atoms in total. The lowest BCUT2D eigenvalue weighted by Gasteiger charge is -1.98. The van der Waals surface area contributed by atoms with Gasteiger partial charge in [0.1, 0.15) is 17.5 Å². The van der Waals surface area contributed by atoms with Gasteiger partial charge in [-0.3, -0.25) is 4.40 Å². The van der Waals surface area contributed by atoms with Gasteiger partial charge in [-0.25, -0.2) is 13.8 Å². The van der Waals surface area contributed by atoms with Gasteiger partial charge in [0, 0.05) is 17.1 Å². The van der Waals surface area contributed by atoms with Gasteiger partial charge in [0.15, 0.2) is 4.96 Å². The summed E-state index contributed by atoms with van der Waals surface area (Å²) in [4.78, 5) is 4.85. The second-order valence-corrected chi connectivity index (χ2v) is 4.40. The molecule has 0 bridgehead atoms. The minimum atomic E-state index is -0.504. The van der Waals surface area contributed by atoms with Crippen LogP contribution in [0.3, 0.4) is 0 Å². The number of anilines is 1. The number of nitrogen functional groups attached to an aromatic ring is 1. The number of benzene rings is 1. The van der Waals surface area contributed by atoms with Crippen LogP contribution in [0.4, 0.5) is 14.6 Å². The Kier molecular flexibility index (Phi) is 2.12. The highest BCUT2D eigenvalue weighted by atomic mass is 32.1. The molecule has 0 atom stereocenters. The Morgan fingerprint density at radius 3 is 2.88 bits per heavy atom. The summed E-state index contributed by atoms with van der Waals surface area (Å²) < 4.78 is 28.3. The van der Waals surface area contributed by atoms with Gasteiger partial charge < -0.3 is 5.73 Å². The average molecular weight is 251 g/mol.